The lowest BCUT2D eigenvalue weighted by atomic mass is 10.1. The topological polar surface area (TPSA) is 55.1 Å². The molecule has 0 bridgehead atoms. The highest BCUT2D eigenvalue weighted by Gasteiger charge is 2.12. The van der Waals surface area contributed by atoms with Crippen molar-refractivity contribution in [3.63, 3.8) is 0 Å². The second-order valence-electron chi connectivity index (χ2n) is 4.19. The second-order valence-corrected chi connectivity index (χ2v) is 4.63. The van der Waals surface area contributed by atoms with Gasteiger partial charge in [0.1, 0.15) is 0 Å². The number of hydrogen-bond acceptors (Lipinski definition) is 3. The molecule has 0 fully saturated rings. The third-order valence-electron chi connectivity index (χ3n) is 2.69. The quantitative estimate of drug-likeness (QED) is 0.851. The Morgan fingerprint density at radius 3 is 2.79 bits per heavy atom. The Labute approximate surface area is 116 Å². The van der Waals surface area contributed by atoms with E-state index in [2.05, 4.69) is 17.4 Å². The molecule has 0 radical (unpaired) electrons. The van der Waals surface area contributed by atoms with Gasteiger partial charge < -0.3 is 9.84 Å². The van der Waals surface area contributed by atoms with E-state index in [9.17, 15) is 4.79 Å². The average molecular weight is 279 g/mol. The normalized spacial score (nSPS) is 10.4. The lowest BCUT2D eigenvalue weighted by molar-refractivity contribution is 0.0944. The summed E-state index contributed by atoms with van der Waals surface area (Å²) in [5.41, 5.74) is 1.13. The maximum absolute atomic E-state index is 11.8. The molecular formula is C14H15ClN2O2. The van der Waals surface area contributed by atoms with Gasteiger partial charge >= 0.3 is 0 Å². The van der Waals surface area contributed by atoms with Crippen LogP contribution in [0.15, 0.2) is 34.9 Å². The van der Waals surface area contributed by atoms with Gasteiger partial charge in [-0.2, -0.15) is 0 Å². The van der Waals surface area contributed by atoms with Crippen molar-refractivity contribution in [1.82, 2.24) is 10.5 Å². The van der Waals surface area contributed by atoms with Crippen LogP contribution in [0.5, 0.6) is 0 Å². The number of carbonyl (C=O) groups excluding carboxylic acids is 1. The van der Waals surface area contributed by atoms with Gasteiger partial charge in [0.25, 0.3) is 5.91 Å². The van der Waals surface area contributed by atoms with Crippen LogP contribution in [0.1, 0.15) is 30.3 Å². The van der Waals surface area contributed by atoms with E-state index in [1.165, 1.54) is 0 Å². The minimum Gasteiger partial charge on any atom is -0.355 e. The molecule has 0 spiro atoms. The first-order valence-corrected chi connectivity index (χ1v) is 6.59. The number of rotatable bonds is 5. The molecule has 1 aromatic carbocycles. The van der Waals surface area contributed by atoms with Crippen molar-refractivity contribution in [2.45, 2.75) is 19.8 Å². The van der Waals surface area contributed by atoms with Gasteiger partial charge in [0.15, 0.2) is 11.5 Å². The fourth-order valence-corrected chi connectivity index (χ4v) is 1.73. The van der Waals surface area contributed by atoms with Crippen molar-refractivity contribution in [1.29, 1.82) is 0 Å². The predicted molar refractivity (Wildman–Crippen MR) is 74.2 cm³/mol. The van der Waals surface area contributed by atoms with Crippen LogP contribution in [-0.4, -0.2) is 17.6 Å². The number of benzene rings is 1. The van der Waals surface area contributed by atoms with E-state index in [1.807, 2.05) is 12.1 Å². The van der Waals surface area contributed by atoms with E-state index >= 15 is 0 Å². The van der Waals surface area contributed by atoms with E-state index in [0.29, 0.717) is 23.0 Å². The molecule has 1 amide bonds. The molecule has 0 aliphatic heterocycles. The summed E-state index contributed by atoms with van der Waals surface area (Å²) in [7, 11) is 0. The molecule has 1 heterocycles. The largest absolute Gasteiger partial charge is 0.355 e. The summed E-state index contributed by atoms with van der Waals surface area (Å²) >= 11 is 5.82. The van der Waals surface area contributed by atoms with Crippen molar-refractivity contribution in [2.24, 2.45) is 0 Å². The van der Waals surface area contributed by atoms with E-state index in [4.69, 9.17) is 16.1 Å². The molecule has 2 aromatic rings. The third kappa shape index (κ3) is 3.58. The Morgan fingerprint density at radius 1 is 1.37 bits per heavy atom. The molecular weight excluding hydrogens is 264 g/mol. The number of nitrogens with one attached hydrogen (secondary N) is 1. The van der Waals surface area contributed by atoms with Gasteiger partial charge in [-0.1, -0.05) is 30.1 Å². The number of unbranched alkanes of at least 4 members (excludes halogenated alkanes) is 1. The highest BCUT2D eigenvalue weighted by atomic mass is 35.5. The second kappa shape index (κ2) is 6.38. The van der Waals surface area contributed by atoms with Gasteiger partial charge in [-0.15, -0.1) is 0 Å². The van der Waals surface area contributed by atoms with Gasteiger partial charge in [0.2, 0.25) is 0 Å². The molecule has 100 valence electrons. The number of hydrogen-bond donors (Lipinski definition) is 1. The van der Waals surface area contributed by atoms with Crippen LogP contribution in [0.4, 0.5) is 0 Å². The van der Waals surface area contributed by atoms with Crippen molar-refractivity contribution in [2.75, 3.05) is 6.54 Å². The van der Waals surface area contributed by atoms with Gasteiger partial charge in [0.05, 0.1) is 0 Å². The fraction of sp³-hybridized carbons (Fsp3) is 0.286. The lowest BCUT2D eigenvalue weighted by Gasteiger charge is -1.99. The zero-order chi connectivity index (χ0) is 13.7. The maximum Gasteiger partial charge on any atom is 0.273 e. The summed E-state index contributed by atoms with van der Waals surface area (Å²) in [5, 5.41) is 7.22. The van der Waals surface area contributed by atoms with Crippen molar-refractivity contribution < 1.29 is 9.32 Å². The number of halogens is 1. The standard InChI is InChI=1S/C14H15ClN2O2/c1-2-3-8-16-14(18)12-9-13(19-17-12)10-4-6-11(15)7-5-10/h4-7,9H,2-3,8H2,1H3,(H,16,18). The smallest absolute Gasteiger partial charge is 0.273 e. The van der Waals surface area contributed by atoms with Crippen molar-refractivity contribution >= 4 is 17.5 Å². The zero-order valence-corrected chi connectivity index (χ0v) is 11.4. The summed E-state index contributed by atoms with van der Waals surface area (Å²) in [6, 6.07) is 8.80. The summed E-state index contributed by atoms with van der Waals surface area (Å²) in [4.78, 5) is 11.8. The highest BCUT2D eigenvalue weighted by molar-refractivity contribution is 6.30. The first-order valence-electron chi connectivity index (χ1n) is 6.21. The summed E-state index contributed by atoms with van der Waals surface area (Å²) in [5.74, 6) is 0.342. The Balaban J connectivity index is 2.06. The predicted octanol–water partition coefficient (Wildman–Crippen LogP) is 3.52. The van der Waals surface area contributed by atoms with Crippen LogP contribution < -0.4 is 5.32 Å². The van der Waals surface area contributed by atoms with Gasteiger partial charge in [-0.25, -0.2) is 0 Å². The molecule has 4 nitrogen and oxygen atoms in total. The van der Waals surface area contributed by atoms with Gasteiger partial charge in [0, 0.05) is 23.2 Å². The van der Waals surface area contributed by atoms with Crippen LogP contribution >= 0.6 is 11.6 Å². The van der Waals surface area contributed by atoms with Crippen LogP contribution in [0.2, 0.25) is 5.02 Å². The lowest BCUT2D eigenvalue weighted by Crippen LogP contribution is -2.24. The molecule has 19 heavy (non-hydrogen) atoms. The van der Waals surface area contributed by atoms with Crippen molar-refractivity contribution in [3.8, 4) is 11.3 Å². The Kier molecular flexibility index (Phi) is 4.58. The Hall–Kier alpha value is -1.81. The molecule has 0 saturated heterocycles. The Morgan fingerprint density at radius 2 is 2.11 bits per heavy atom. The minimum atomic E-state index is -0.211. The Bertz CT molecular complexity index is 549. The molecule has 5 heteroatoms. The highest BCUT2D eigenvalue weighted by Crippen LogP contribution is 2.22. The van der Waals surface area contributed by atoms with E-state index in [0.717, 1.165) is 18.4 Å². The summed E-state index contributed by atoms with van der Waals surface area (Å²) < 4.78 is 5.16. The van der Waals surface area contributed by atoms with Crippen LogP contribution in [-0.2, 0) is 0 Å². The first kappa shape index (κ1) is 13.6. The number of aromatic nitrogens is 1. The SMILES string of the molecule is CCCCNC(=O)c1cc(-c2ccc(Cl)cc2)on1. The van der Waals surface area contributed by atoms with Crippen LogP contribution in [0, 0.1) is 0 Å². The summed E-state index contributed by atoms with van der Waals surface area (Å²) in [6.45, 7) is 2.72. The van der Waals surface area contributed by atoms with Gasteiger partial charge in [-0.05, 0) is 30.7 Å². The molecule has 0 aliphatic rings. The zero-order valence-electron chi connectivity index (χ0n) is 10.6. The van der Waals surface area contributed by atoms with Crippen LogP contribution in [0.3, 0.4) is 0 Å². The molecule has 0 atom stereocenters. The maximum atomic E-state index is 11.8. The van der Waals surface area contributed by atoms with E-state index in [1.54, 1.807) is 18.2 Å². The molecule has 1 aromatic heterocycles. The van der Waals surface area contributed by atoms with Crippen LogP contribution in [0.25, 0.3) is 11.3 Å². The molecule has 0 aliphatic carbocycles. The fourth-order valence-electron chi connectivity index (χ4n) is 1.60. The minimum absolute atomic E-state index is 0.211. The third-order valence-corrected chi connectivity index (χ3v) is 2.94. The molecule has 2 rings (SSSR count). The first-order chi connectivity index (χ1) is 9.20. The molecule has 0 saturated carbocycles. The number of amides is 1. The molecule has 0 unspecified atom stereocenters. The average Bonchev–Trinajstić information content (AvgIpc) is 2.89. The summed E-state index contributed by atoms with van der Waals surface area (Å²) in [6.07, 6.45) is 1.99. The monoisotopic (exact) mass is 278 g/mol. The number of carbonyl (C=O) groups is 1. The van der Waals surface area contributed by atoms with Crippen molar-refractivity contribution in [3.05, 3.63) is 41.0 Å². The van der Waals surface area contributed by atoms with E-state index < -0.39 is 0 Å². The molecule has 1 N–H and O–H groups in total. The van der Waals surface area contributed by atoms with Gasteiger partial charge in [-0.3, -0.25) is 4.79 Å². The van der Waals surface area contributed by atoms with E-state index in [-0.39, 0.29) is 5.91 Å². The number of nitrogens with zero attached hydrogens (tertiary/aromatic N) is 1.